The Morgan fingerprint density at radius 3 is 1.96 bits per heavy atom. The zero-order valence-corrected chi connectivity index (χ0v) is 14.1. The summed E-state index contributed by atoms with van der Waals surface area (Å²) in [6.45, 7) is 3.95. The summed E-state index contributed by atoms with van der Waals surface area (Å²) in [6, 6.07) is 17.4. The molecule has 0 saturated heterocycles. The van der Waals surface area contributed by atoms with Gasteiger partial charge in [0.05, 0.1) is 6.33 Å². The molecule has 0 bridgehead atoms. The van der Waals surface area contributed by atoms with E-state index in [0.29, 0.717) is 0 Å². The van der Waals surface area contributed by atoms with E-state index in [2.05, 4.69) is 65.8 Å². The second-order valence-corrected chi connectivity index (χ2v) is 5.41. The van der Waals surface area contributed by atoms with Gasteiger partial charge in [0.1, 0.15) is 0 Å². The smallest absolute Gasteiger partial charge is 0.0991 e. The molecule has 0 atom stereocenters. The third-order valence-electron chi connectivity index (χ3n) is 3.83. The Kier molecular flexibility index (Phi) is 6.39. The highest BCUT2D eigenvalue weighted by atomic mass is 35.5. The van der Waals surface area contributed by atoms with Crippen LogP contribution in [0.1, 0.15) is 23.6 Å². The average molecular weight is 328 g/mol. The summed E-state index contributed by atoms with van der Waals surface area (Å²) in [4.78, 5) is 4.07. The highest BCUT2D eigenvalue weighted by Gasteiger charge is 1.98. The van der Waals surface area contributed by atoms with Crippen LogP contribution in [0.15, 0.2) is 67.3 Å². The molecule has 0 radical (unpaired) electrons. The van der Waals surface area contributed by atoms with E-state index in [1.807, 2.05) is 17.1 Å². The third-order valence-corrected chi connectivity index (χ3v) is 3.83. The second-order valence-electron chi connectivity index (χ2n) is 5.41. The number of hydrogen-bond donors (Lipinski definition) is 1. The fourth-order valence-corrected chi connectivity index (χ4v) is 2.44. The van der Waals surface area contributed by atoms with Gasteiger partial charge < -0.3 is 9.88 Å². The third kappa shape index (κ3) is 4.68. The van der Waals surface area contributed by atoms with Crippen molar-refractivity contribution in [3.8, 4) is 5.69 Å². The predicted molar refractivity (Wildman–Crippen MR) is 97.2 cm³/mol. The van der Waals surface area contributed by atoms with Gasteiger partial charge in [-0.1, -0.05) is 43.3 Å². The van der Waals surface area contributed by atoms with E-state index in [9.17, 15) is 0 Å². The van der Waals surface area contributed by atoms with Crippen molar-refractivity contribution < 1.29 is 0 Å². The molecule has 0 amide bonds. The molecule has 0 unspecified atom stereocenters. The lowest BCUT2D eigenvalue weighted by atomic mass is 10.1. The van der Waals surface area contributed by atoms with Gasteiger partial charge in [0.2, 0.25) is 0 Å². The van der Waals surface area contributed by atoms with Crippen LogP contribution in [0.2, 0.25) is 0 Å². The Balaban J connectivity index is 0.00000192. The normalized spacial score (nSPS) is 10.3. The van der Waals surface area contributed by atoms with Crippen molar-refractivity contribution in [3.05, 3.63) is 83.9 Å². The molecule has 3 rings (SSSR count). The zero-order chi connectivity index (χ0) is 15.2. The molecular weight excluding hydrogens is 306 g/mol. The molecule has 0 aliphatic carbocycles. The molecule has 1 aromatic heterocycles. The Morgan fingerprint density at radius 2 is 1.43 bits per heavy atom. The van der Waals surface area contributed by atoms with Crippen LogP contribution in [0.4, 0.5) is 0 Å². The summed E-state index contributed by atoms with van der Waals surface area (Å²) >= 11 is 0. The Bertz CT molecular complexity index is 688. The Hall–Kier alpha value is -2.10. The van der Waals surface area contributed by atoms with E-state index in [1.165, 1.54) is 16.7 Å². The van der Waals surface area contributed by atoms with Gasteiger partial charge in [-0.25, -0.2) is 4.98 Å². The van der Waals surface area contributed by atoms with Crippen LogP contribution < -0.4 is 5.32 Å². The molecule has 3 nitrogen and oxygen atoms in total. The number of imidazole rings is 1. The second kappa shape index (κ2) is 8.51. The van der Waals surface area contributed by atoms with E-state index in [-0.39, 0.29) is 12.4 Å². The molecule has 0 aliphatic rings. The van der Waals surface area contributed by atoms with Crippen LogP contribution in [0.25, 0.3) is 5.69 Å². The number of rotatable bonds is 6. The van der Waals surface area contributed by atoms with Crippen LogP contribution in [0.3, 0.4) is 0 Å². The van der Waals surface area contributed by atoms with Crippen molar-refractivity contribution in [2.45, 2.75) is 26.4 Å². The van der Waals surface area contributed by atoms with E-state index >= 15 is 0 Å². The van der Waals surface area contributed by atoms with Gasteiger partial charge in [0, 0.05) is 31.2 Å². The molecular formula is C19H22ClN3. The van der Waals surface area contributed by atoms with Crippen LogP contribution in [-0.2, 0) is 19.5 Å². The largest absolute Gasteiger partial charge is 0.309 e. The van der Waals surface area contributed by atoms with E-state index in [4.69, 9.17) is 0 Å². The van der Waals surface area contributed by atoms with Crippen molar-refractivity contribution in [2.24, 2.45) is 0 Å². The van der Waals surface area contributed by atoms with Gasteiger partial charge in [-0.05, 0) is 35.2 Å². The van der Waals surface area contributed by atoms with Gasteiger partial charge in [-0.15, -0.1) is 12.4 Å². The monoisotopic (exact) mass is 327 g/mol. The van der Waals surface area contributed by atoms with Gasteiger partial charge in [0.25, 0.3) is 0 Å². The highest BCUT2D eigenvalue weighted by molar-refractivity contribution is 5.85. The van der Waals surface area contributed by atoms with E-state index < -0.39 is 0 Å². The molecule has 1 heterocycles. The number of hydrogen-bond acceptors (Lipinski definition) is 2. The number of aryl methyl sites for hydroxylation is 1. The number of halogens is 1. The van der Waals surface area contributed by atoms with Gasteiger partial charge in [0.15, 0.2) is 0 Å². The maximum absolute atomic E-state index is 4.07. The van der Waals surface area contributed by atoms with Crippen LogP contribution in [0.5, 0.6) is 0 Å². The highest BCUT2D eigenvalue weighted by Crippen LogP contribution is 2.10. The number of benzene rings is 2. The number of nitrogens with zero attached hydrogens (tertiary/aromatic N) is 2. The molecule has 3 aromatic rings. The minimum absolute atomic E-state index is 0. The van der Waals surface area contributed by atoms with Crippen molar-refractivity contribution in [1.29, 1.82) is 0 Å². The topological polar surface area (TPSA) is 29.9 Å². The van der Waals surface area contributed by atoms with Crippen molar-refractivity contribution in [3.63, 3.8) is 0 Å². The maximum atomic E-state index is 4.07. The first-order valence-electron chi connectivity index (χ1n) is 7.71. The first-order chi connectivity index (χ1) is 10.8. The van der Waals surface area contributed by atoms with Gasteiger partial charge in [-0.2, -0.15) is 0 Å². The quantitative estimate of drug-likeness (QED) is 0.737. The molecule has 0 spiro atoms. The Labute approximate surface area is 143 Å². The molecule has 4 heteroatoms. The van der Waals surface area contributed by atoms with Gasteiger partial charge in [-0.3, -0.25) is 0 Å². The number of aromatic nitrogens is 2. The van der Waals surface area contributed by atoms with Crippen molar-refractivity contribution >= 4 is 12.4 Å². The summed E-state index contributed by atoms with van der Waals surface area (Å²) in [6.07, 6.45) is 6.65. The van der Waals surface area contributed by atoms with Crippen molar-refractivity contribution in [1.82, 2.24) is 14.9 Å². The molecule has 0 fully saturated rings. The summed E-state index contributed by atoms with van der Waals surface area (Å²) in [5, 5.41) is 3.49. The zero-order valence-electron chi connectivity index (χ0n) is 13.3. The minimum atomic E-state index is 0. The first-order valence-corrected chi connectivity index (χ1v) is 7.71. The van der Waals surface area contributed by atoms with Crippen LogP contribution in [-0.4, -0.2) is 9.55 Å². The molecule has 23 heavy (non-hydrogen) atoms. The predicted octanol–water partition coefficient (Wildman–Crippen LogP) is 4.15. The fourth-order valence-electron chi connectivity index (χ4n) is 2.44. The lowest BCUT2D eigenvalue weighted by Gasteiger charge is -2.07. The number of nitrogens with one attached hydrogen (secondary N) is 1. The van der Waals surface area contributed by atoms with Crippen molar-refractivity contribution in [2.75, 3.05) is 0 Å². The summed E-state index contributed by atoms with van der Waals surface area (Å²) < 4.78 is 2.01. The molecule has 1 N–H and O–H groups in total. The molecule has 0 saturated carbocycles. The SMILES string of the molecule is CCc1ccc(CNCc2ccc(-n3ccnc3)cc2)cc1.Cl. The van der Waals surface area contributed by atoms with E-state index in [0.717, 1.165) is 25.2 Å². The summed E-state index contributed by atoms with van der Waals surface area (Å²) in [7, 11) is 0. The standard InChI is InChI=1S/C19H21N3.ClH/c1-2-16-3-5-17(6-4-16)13-21-14-18-7-9-19(10-8-18)22-12-11-20-15-22;/h3-12,15,21H,2,13-14H2,1H3;1H. The summed E-state index contributed by atoms with van der Waals surface area (Å²) in [5.74, 6) is 0. The minimum Gasteiger partial charge on any atom is -0.309 e. The molecule has 120 valence electrons. The fraction of sp³-hybridized carbons (Fsp3) is 0.211. The lowest BCUT2D eigenvalue weighted by molar-refractivity contribution is 0.693. The average Bonchev–Trinajstić information content (AvgIpc) is 3.11. The van der Waals surface area contributed by atoms with Crippen LogP contribution in [0, 0.1) is 0 Å². The first kappa shape index (κ1) is 17.3. The Morgan fingerprint density at radius 1 is 0.870 bits per heavy atom. The van der Waals surface area contributed by atoms with E-state index in [1.54, 1.807) is 6.20 Å². The molecule has 0 aliphatic heterocycles. The summed E-state index contributed by atoms with van der Waals surface area (Å²) in [5.41, 5.74) is 5.14. The van der Waals surface area contributed by atoms with Gasteiger partial charge >= 0.3 is 0 Å². The van der Waals surface area contributed by atoms with Crippen LogP contribution >= 0.6 is 12.4 Å². The molecule has 2 aromatic carbocycles. The lowest BCUT2D eigenvalue weighted by Crippen LogP contribution is -2.12. The maximum Gasteiger partial charge on any atom is 0.0991 e.